The number of hydrogen-bond acceptors (Lipinski definition) is 8. The fourth-order valence-electron chi connectivity index (χ4n) is 4.03. The van der Waals surface area contributed by atoms with Crippen molar-refractivity contribution in [2.24, 2.45) is 5.73 Å². The molecule has 0 saturated carbocycles. The first-order valence-electron chi connectivity index (χ1n) is 10.0. The van der Waals surface area contributed by atoms with Gasteiger partial charge in [-0.05, 0) is 31.7 Å². The summed E-state index contributed by atoms with van der Waals surface area (Å²) in [5.74, 6) is 0.959. The summed E-state index contributed by atoms with van der Waals surface area (Å²) in [5.41, 5.74) is 10.5. The topological polar surface area (TPSA) is 95.9 Å². The zero-order valence-corrected chi connectivity index (χ0v) is 18.6. The first-order valence-corrected chi connectivity index (χ1v) is 11.8. The predicted molar refractivity (Wildman–Crippen MR) is 120 cm³/mol. The van der Waals surface area contributed by atoms with E-state index in [1.165, 1.54) is 11.3 Å². The molecule has 1 atom stereocenters. The van der Waals surface area contributed by atoms with Crippen LogP contribution in [0.15, 0.2) is 51.3 Å². The maximum Gasteiger partial charge on any atom is 0.219 e. The van der Waals surface area contributed by atoms with Crippen molar-refractivity contribution in [2.45, 2.75) is 49.8 Å². The van der Waals surface area contributed by atoms with Gasteiger partial charge in [0.1, 0.15) is 5.82 Å². The van der Waals surface area contributed by atoms with E-state index >= 15 is 0 Å². The van der Waals surface area contributed by atoms with E-state index in [0.29, 0.717) is 28.5 Å². The zero-order valence-electron chi connectivity index (χ0n) is 17.0. The number of allylic oxidation sites excluding steroid dienone is 3. The SMILES string of the molecule is CCCSc1nnc(N2C(N)=C(C#N)C(c3cccc(C)c3)C3=C2CCCC3=O)s1. The van der Waals surface area contributed by atoms with Gasteiger partial charge in [0.05, 0.1) is 17.6 Å². The molecule has 6 nitrogen and oxygen atoms in total. The van der Waals surface area contributed by atoms with Gasteiger partial charge in [0, 0.05) is 23.4 Å². The second-order valence-corrected chi connectivity index (χ2v) is 9.73. The Morgan fingerprint density at radius 1 is 1.37 bits per heavy atom. The highest BCUT2D eigenvalue weighted by Crippen LogP contribution is 2.47. The van der Waals surface area contributed by atoms with E-state index in [1.54, 1.807) is 16.7 Å². The summed E-state index contributed by atoms with van der Waals surface area (Å²) in [5, 5.41) is 19.3. The number of nitrogens with two attached hydrogens (primary N) is 1. The van der Waals surface area contributed by atoms with Crippen molar-refractivity contribution >= 4 is 34.0 Å². The predicted octanol–water partition coefficient (Wildman–Crippen LogP) is 4.65. The van der Waals surface area contributed by atoms with Gasteiger partial charge in [-0.1, -0.05) is 59.9 Å². The molecular formula is C22H23N5OS2. The molecule has 1 aliphatic heterocycles. The molecule has 4 rings (SSSR count). The number of aryl methyl sites for hydroxylation is 1. The quantitative estimate of drug-likeness (QED) is 0.680. The minimum absolute atomic E-state index is 0.0816. The van der Waals surface area contributed by atoms with Crippen molar-refractivity contribution in [2.75, 3.05) is 10.7 Å². The average Bonchev–Trinajstić information content (AvgIpc) is 3.20. The van der Waals surface area contributed by atoms with Crippen LogP contribution >= 0.6 is 23.1 Å². The molecule has 1 unspecified atom stereocenters. The van der Waals surface area contributed by atoms with Gasteiger partial charge in [-0.2, -0.15) is 5.26 Å². The number of aromatic nitrogens is 2. The van der Waals surface area contributed by atoms with Gasteiger partial charge in [-0.15, -0.1) is 10.2 Å². The van der Waals surface area contributed by atoms with Crippen molar-refractivity contribution in [3.63, 3.8) is 0 Å². The lowest BCUT2D eigenvalue weighted by molar-refractivity contribution is -0.116. The average molecular weight is 438 g/mol. The third-order valence-corrected chi connectivity index (χ3v) is 7.55. The Balaban J connectivity index is 1.87. The van der Waals surface area contributed by atoms with Crippen molar-refractivity contribution in [3.05, 3.63) is 58.1 Å². The Morgan fingerprint density at radius 3 is 2.93 bits per heavy atom. The second-order valence-electron chi connectivity index (χ2n) is 7.43. The van der Waals surface area contributed by atoms with Crippen LogP contribution in [0.4, 0.5) is 5.13 Å². The monoisotopic (exact) mass is 437 g/mol. The number of hydrogen-bond donors (Lipinski definition) is 1. The third-order valence-electron chi connectivity index (χ3n) is 5.31. The van der Waals surface area contributed by atoms with E-state index in [9.17, 15) is 10.1 Å². The van der Waals surface area contributed by atoms with Gasteiger partial charge < -0.3 is 5.73 Å². The second kappa shape index (κ2) is 8.62. The fourth-order valence-corrected chi connectivity index (χ4v) is 5.83. The summed E-state index contributed by atoms with van der Waals surface area (Å²) < 4.78 is 0.864. The fraction of sp³-hybridized carbons (Fsp3) is 0.364. The van der Waals surface area contributed by atoms with Crippen molar-refractivity contribution < 1.29 is 4.79 Å². The number of nitrogens with zero attached hydrogens (tertiary/aromatic N) is 4. The number of thioether (sulfide) groups is 1. The van der Waals surface area contributed by atoms with Crippen LogP contribution in [-0.2, 0) is 4.79 Å². The number of ketones is 1. The standard InChI is InChI=1S/C22H23N5OS2/c1-3-10-29-22-26-25-21(30-22)27-16-8-5-9-17(28)19(16)18(15(12-23)20(27)24)14-7-4-6-13(2)11-14/h4,6-7,11,18H,3,5,8-10,24H2,1-2H3. The van der Waals surface area contributed by atoms with E-state index in [-0.39, 0.29) is 5.78 Å². The molecule has 1 aromatic heterocycles. The minimum Gasteiger partial charge on any atom is -0.384 e. The first kappa shape index (κ1) is 20.6. The third kappa shape index (κ3) is 3.64. The first-order chi connectivity index (χ1) is 14.5. The molecule has 2 aliphatic rings. The normalized spacial score (nSPS) is 19.2. The minimum atomic E-state index is -0.434. The van der Waals surface area contributed by atoms with Crippen LogP contribution < -0.4 is 10.6 Å². The van der Waals surface area contributed by atoms with Crippen LogP contribution in [0.1, 0.15) is 49.7 Å². The summed E-state index contributed by atoms with van der Waals surface area (Å²) in [4.78, 5) is 14.9. The lowest BCUT2D eigenvalue weighted by Gasteiger charge is -2.38. The molecule has 154 valence electrons. The molecular weight excluding hydrogens is 414 g/mol. The highest BCUT2D eigenvalue weighted by atomic mass is 32.2. The van der Waals surface area contributed by atoms with Crippen LogP contribution in [0.5, 0.6) is 0 Å². The smallest absolute Gasteiger partial charge is 0.219 e. The highest BCUT2D eigenvalue weighted by Gasteiger charge is 2.41. The molecule has 30 heavy (non-hydrogen) atoms. The molecule has 1 aromatic carbocycles. The molecule has 2 N–H and O–H groups in total. The molecule has 2 heterocycles. The van der Waals surface area contributed by atoms with Gasteiger partial charge in [-0.25, -0.2) is 0 Å². The molecule has 2 aromatic rings. The highest BCUT2D eigenvalue weighted by molar-refractivity contribution is 8.01. The Hall–Kier alpha value is -2.63. The molecule has 0 fully saturated rings. The molecule has 0 bridgehead atoms. The lowest BCUT2D eigenvalue weighted by atomic mass is 9.75. The summed E-state index contributed by atoms with van der Waals surface area (Å²) >= 11 is 3.11. The van der Waals surface area contributed by atoms with Crippen molar-refractivity contribution in [1.82, 2.24) is 10.2 Å². The Bertz CT molecular complexity index is 1090. The lowest BCUT2D eigenvalue weighted by Crippen LogP contribution is -2.38. The molecule has 1 aliphatic carbocycles. The molecule has 0 spiro atoms. The van der Waals surface area contributed by atoms with E-state index in [2.05, 4.69) is 23.2 Å². The Labute approximate surface area is 184 Å². The summed E-state index contributed by atoms with van der Waals surface area (Å²) in [6.07, 6.45) is 3.02. The zero-order chi connectivity index (χ0) is 21.3. The van der Waals surface area contributed by atoms with Gasteiger partial charge in [-0.3, -0.25) is 9.69 Å². The number of anilines is 1. The van der Waals surface area contributed by atoms with Crippen LogP contribution in [0.3, 0.4) is 0 Å². The van der Waals surface area contributed by atoms with Gasteiger partial charge >= 0.3 is 0 Å². The van der Waals surface area contributed by atoms with E-state index < -0.39 is 5.92 Å². The number of carbonyl (C=O) groups excluding carboxylic acids is 1. The molecule has 8 heteroatoms. The number of nitriles is 1. The van der Waals surface area contributed by atoms with Gasteiger partial charge in [0.25, 0.3) is 0 Å². The maximum absolute atomic E-state index is 13.1. The molecule has 0 amide bonds. The molecule has 0 saturated heterocycles. The molecule has 0 radical (unpaired) electrons. The summed E-state index contributed by atoms with van der Waals surface area (Å²) in [7, 11) is 0. The van der Waals surface area contributed by atoms with Crippen LogP contribution in [0, 0.1) is 18.3 Å². The number of benzene rings is 1. The van der Waals surface area contributed by atoms with Crippen molar-refractivity contribution in [1.29, 1.82) is 5.26 Å². The summed E-state index contributed by atoms with van der Waals surface area (Å²) in [6.45, 7) is 4.13. The number of carbonyl (C=O) groups is 1. The van der Waals surface area contributed by atoms with Crippen LogP contribution in [-0.4, -0.2) is 21.7 Å². The van der Waals surface area contributed by atoms with Gasteiger partial charge in [0.2, 0.25) is 5.13 Å². The van der Waals surface area contributed by atoms with E-state index in [4.69, 9.17) is 5.73 Å². The Morgan fingerprint density at radius 2 is 2.20 bits per heavy atom. The number of Topliss-reactive ketones (excluding diaryl/α,β-unsaturated/α-hetero) is 1. The van der Waals surface area contributed by atoms with Gasteiger partial charge in [0.15, 0.2) is 10.1 Å². The van der Waals surface area contributed by atoms with Crippen LogP contribution in [0.2, 0.25) is 0 Å². The maximum atomic E-state index is 13.1. The van der Waals surface area contributed by atoms with E-state index in [1.807, 2.05) is 31.2 Å². The summed E-state index contributed by atoms with van der Waals surface area (Å²) in [6, 6.07) is 10.3. The van der Waals surface area contributed by atoms with E-state index in [0.717, 1.165) is 46.2 Å². The number of rotatable bonds is 5. The Kier molecular flexibility index (Phi) is 5.93. The largest absolute Gasteiger partial charge is 0.384 e. The van der Waals surface area contributed by atoms with Crippen LogP contribution in [0.25, 0.3) is 0 Å². The van der Waals surface area contributed by atoms with Crippen molar-refractivity contribution in [3.8, 4) is 6.07 Å².